The van der Waals surface area contributed by atoms with E-state index in [4.69, 9.17) is 12.2 Å². The second-order valence-electron chi connectivity index (χ2n) is 5.52. The van der Waals surface area contributed by atoms with E-state index in [2.05, 4.69) is 24.5 Å². The van der Waals surface area contributed by atoms with Gasteiger partial charge in [-0.2, -0.15) is 0 Å². The Balaban J connectivity index is 2.15. The normalized spacial score (nSPS) is 20.2. The number of carbonyl (C=O) groups is 1. The van der Waals surface area contributed by atoms with Gasteiger partial charge in [0, 0.05) is 0 Å². The lowest BCUT2D eigenvalue weighted by atomic mass is 9.91. The highest BCUT2D eigenvalue weighted by Crippen LogP contribution is 2.20. The van der Waals surface area contributed by atoms with Gasteiger partial charge in [-0.1, -0.05) is 65.2 Å². The van der Waals surface area contributed by atoms with E-state index in [9.17, 15) is 4.79 Å². The Morgan fingerprint density at radius 1 is 1.11 bits per heavy atom. The summed E-state index contributed by atoms with van der Waals surface area (Å²) in [5.41, 5.74) is 0. The van der Waals surface area contributed by atoms with E-state index in [0.29, 0.717) is 11.0 Å². The molecule has 4 heteroatoms. The summed E-state index contributed by atoms with van der Waals surface area (Å²) in [6, 6.07) is -0.0995. The third kappa shape index (κ3) is 5.89. The van der Waals surface area contributed by atoms with Crippen LogP contribution in [0.2, 0.25) is 0 Å². The summed E-state index contributed by atoms with van der Waals surface area (Å²) in [7, 11) is 0. The molecule has 110 valence electrons. The molecule has 1 aliphatic rings. The van der Waals surface area contributed by atoms with Crippen molar-refractivity contribution in [3.8, 4) is 0 Å². The SMILES string of the molecule is CCCCCCCCCC(CC)C1NC(=S)NC1=O. The van der Waals surface area contributed by atoms with E-state index >= 15 is 0 Å². The van der Waals surface area contributed by atoms with Gasteiger partial charge in [0.1, 0.15) is 6.04 Å². The monoisotopic (exact) mass is 284 g/mol. The van der Waals surface area contributed by atoms with E-state index < -0.39 is 0 Å². The van der Waals surface area contributed by atoms with Gasteiger partial charge in [-0.15, -0.1) is 0 Å². The second kappa shape index (κ2) is 9.29. The highest BCUT2D eigenvalue weighted by Gasteiger charge is 2.32. The van der Waals surface area contributed by atoms with Crippen molar-refractivity contribution in [1.82, 2.24) is 10.6 Å². The number of hydrogen-bond acceptors (Lipinski definition) is 2. The van der Waals surface area contributed by atoms with Crippen molar-refractivity contribution in [1.29, 1.82) is 0 Å². The first-order valence-corrected chi connectivity index (χ1v) is 8.21. The molecule has 0 radical (unpaired) electrons. The molecule has 1 amide bonds. The van der Waals surface area contributed by atoms with Gasteiger partial charge in [0.25, 0.3) is 0 Å². The topological polar surface area (TPSA) is 41.1 Å². The predicted molar refractivity (Wildman–Crippen MR) is 84.1 cm³/mol. The predicted octanol–water partition coefficient (Wildman–Crippen LogP) is 3.53. The van der Waals surface area contributed by atoms with Crippen molar-refractivity contribution in [2.75, 3.05) is 0 Å². The summed E-state index contributed by atoms with van der Waals surface area (Å²) in [5, 5.41) is 6.28. The molecular formula is C15H28N2OS. The molecule has 1 heterocycles. The highest BCUT2D eigenvalue weighted by atomic mass is 32.1. The molecule has 2 N–H and O–H groups in total. The van der Waals surface area contributed by atoms with E-state index in [1.54, 1.807) is 0 Å². The minimum Gasteiger partial charge on any atom is -0.350 e. The van der Waals surface area contributed by atoms with Crippen LogP contribution in [0.4, 0.5) is 0 Å². The van der Waals surface area contributed by atoms with Gasteiger partial charge in [-0.25, -0.2) is 0 Å². The number of thiocarbonyl (C=S) groups is 1. The van der Waals surface area contributed by atoms with Crippen LogP contribution < -0.4 is 10.6 Å². The Kier molecular flexibility index (Phi) is 8.03. The molecule has 2 unspecified atom stereocenters. The molecule has 0 saturated carbocycles. The van der Waals surface area contributed by atoms with Gasteiger partial charge in [0.05, 0.1) is 0 Å². The quantitative estimate of drug-likeness (QED) is 0.476. The number of nitrogens with one attached hydrogen (secondary N) is 2. The molecule has 1 rings (SSSR count). The number of hydrogen-bond donors (Lipinski definition) is 2. The van der Waals surface area contributed by atoms with Gasteiger partial charge in [-0.05, 0) is 24.6 Å². The summed E-state index contributed by atoms with van der Waals surface area (Å²) in [5.74, 6) is 0.468. The van der Waals surface area contributed by atoms with Gasteiger partial charge in [0.15, 0.2) is 5.11 Å². The van der Waals surface area contributed by atoms with Gasteiger partial charge < -0.3 is 10.6 Å². The van der Waals surface area contributed by atoms with E-state index in [0.717, 1.165) is 12.8 Å². The van der Waals surface area contributed by atoms with Crippen LogP contribution in [0.3, 0.4) is 0 Å². The fourth-order valence-electron chi connectivity index (χ4n) is 2.73. The van der Waals surface area contributed by atoms with E-state index in [-0.39, 0.29) is 11.9 Å². The number of amides is 1. The lowest BCUT2D eigenvalue weighted by molar-refractivity contribution is -0.121. The Labute approximate surface area is 122 Å². The van der Waals surface area contributed by atoms with Crippen LogP contribution in [0.15, 0.2) is 0 Å². The van der Waals surface area contributed by atoms with Crippen LogP contribution in [-0.2, 0) is 4.79 Å². The molecule has 0 aliphatic carbocycles. The Morgan fingerprint density at radius 3 is 2.26 bits per heavy atom. The fourth-order valence-corrected chi connectivity index (χ4v) is 2.96. The minimum atomic E-state index is -0.0995. The summed E-state index contributed by atoms with van der Waals surface area (Å²) in [6.07, 6.45) is 11.4. The highest BCUT2D eigenvalue weighted by molar-refractivity contribution is 7.80. The zero-order valence-corrected chi connectivity index (χ0v) is 13.2. The van der Waals surface area contributed by atoms with E-state index in [1.165, 1.54) is 44.9 Å². The van der Waals surface area contributed by atoms with Crippen LogP contribution in [0, 0.1) is 5.92 Å². The molecule has 3 nitrogen and oxygen atoms in total. The van der Waals surface area contributed by atoms with Crippen LogP contribution in [0.1, 0.15) is 71.6 Å². The molecule has 0 bridgehead atoms. The Bertz CT molecular complexity index is 294. The average Bonchev–Trinajstić information content (AvgIpc) is 2.72. The van der Waals surface area contributed by atoms with Crippen molar-refractivity contribution < 1.29 is 4.79 Å². The molecule has 19 heavy (non-hydrogen) atoms. The summed E-state index contributed by atoms with van der Waals surface area (Å²) < 4.78 is 0. The molecule has 0 spiro atoms. The smallest absolute Gasteiger partial charge is 0.248 e. The zero-order chi connectivity index (χ0) is 14.1. The number of rotatable bonds is 10. The summed E-state index contributed by atoms with van der Waals surface area (Å²) in [6.45, 7) is 4.40. The number of carbonyl (C=O) groups excluding carboxylic acids is 1. The lowest BCUT2D eigenvalue weighted by Crippen LogP contribution is -2.36. The average molecular weight is 284 g/mol. The van der Waals surface area contributed by atoms with Crippen molar-refractivity contribution >= 4 is 23.2 Å². The van der Waals surface area contributed by atoms with Crippen molar-refractivity contribution in [3.05, 3.63) is 0 Å². The first-order chi connectivity index (χ1) is 9.19. The summed E-state index contributed by atoms with van der Waals surface area (Å²) >= 11 is 4.99. The van der Waals surface area contributed by atoms with E-state index in [1.807, 2.05) is 0 Å². The third-order valence-corrected chi connectivity index (χ3v) is 4.20. The Morgan fingerprint density at radius 2 is 1.74 bits per heavy atom. The lowest BCUT2D eigenvalue weighted by Gasteiger charge is -2.20. The van der Waals surface area contributed by atoms with Crippen LogP contribution in [0.5, 0.6) is 0 Å². The first-order valence-electron chi connectivity index (χ1n) is 7.80. The molecule has 0 aromatic heterocycles. The van der Waals surface area contributed by atoms with Crippen molar-refractivity contribution in [2.45, 2.75) is 77.7 Å². The molecule has 1 fully saturated rings. The van der Waals surface area contributed by atoms with Gasteiger partial charge >= 0.3 is 0 Å². The standard InChI is InChI=1S/C15H28N2OS/c1-3-5-6-7-8-9-10-11-12(4-2)13-14(18)17-15(19)16-13/h12-13H,3-11H2,1-2H3,(H2,16,17,18,19). The molecule has 2 atom stereocenters. The van der Waals surface area contributed by atoms with Crippen LogP contribution in [0.25, 0.3) is 0 Å². The zero-order valence-electron chi connectivity index (χ0n) is 12.3. The third-order valence-electron chi connectivity index (χ3n) is 3.98. The fraction of sp³-hybridized carbons (Fsp3) is 0.867. The molecule has 0 aromatic carbocycles. The Hall–Kier alpha value is -0.640. The summed E-state index contributed by atoms with van der Waals surface area (Å²) in [4.78, 5) is 11.7. The van der Waals surface area contributed by atoms with Crippen molar-refractivity contribution in [3.63, 3.8) is 0 Å². The van der Waals surface area contributed by atoms with Crippen LogP contribution in [-0.4, -0.2) is 17.1 Å². The van der Waals surface area contributed by atoms with Crippen molar-refractivity contribution in [2.24, 2.45) is 5.92 Å². The maximum Gasteiger partial charge on any atom is 0.248 e. The maximum absolute atomic E-state index is 11.7. The molecule has 1 aliphatic heterocycles. The molecule has 0 aromatic rings. The minimum absolute atomic E-state index is 0.0554. The number of unbranched alkanes of at least 4 members (excludes halogenated alkanes) is 6. The second-order valence-corrected chi connectivity index (χ2v) is 5.93. The van der Waals surface area contributed by atoms with Gasteiger partial charge in [-0.3, -0.25) is 4.79 Å². The van der Waals surface area contributed by atoms with Crippen LogP contribution >= 0.6 is 12.2 Å². The van der Waals surface area contributed by atoms with Gasteiger partial charge in [0.2, 0.25) is 5.91 Å². The molecular weight excluding hydrogens is 256 g/mol. The largest absolute Gasteiger partial charge is 0.350 e. The maximum atomic E-state index is 11.7. The first kappa shape index (κ1) is 16.4. The molecule has 1 saturated heterocycles.